The molecule has 1 heterocycles. The smallest absolute Gasteiger partial charge is 0.357 e. The SMILES string of the molecule is CN1N=C(C(=O)O)/C(=C/c2ccc(N)cc2)C1=O. The van der Waals surface area contributed by atoms with Crippen LogP contribution in [0.1, 0.15) is 5.56 Å². The number of nitrogens with zero attached hydrogens (tertiary/aromatic N) is 2. The van der Waals surface area contributed by atoms with E-state index in [1.165, 1.54) is 13.1 Å². The lowest BCUT2D eigenvalue weighted by atomic mass is 10.1. The van der Waals surface area contributed by atoms with Crippen LogP contribution in [0.3, 0.4) is 0 Å². The van der Waals surface area contributed by atoms with Gasteiger partial charge in [0.2, 0.25) is 0 Å². The van der Waals surface area contributed by atoms with Crippen LogP contribution in [0.2, 0.25) is 0 Å². The van der Waals surface area contributed by atoms with E-state index < -0.39 is 11.9 Å². The molecule has 0 saturated heterocycles. The van der Waals surface area contributed by atoms with E-state index in [2.05, 4.69) is 5.10 Å². The first-order chi connectivity index (χ1) is 8.49. The normalized spacial score (nSPS) is 17.2. The zero-order valence-electron chi connectivity index (χ0n) is 9.62. The fourth-order valence-electron chi connectivity index (χ4n) is 1.57. The molecule has 0 aromatic heterocycles. The highest BCUT2D eigenvalue weighted by molar-refractivity contribution is 6.51. The monoisotopic (exact) mass is 245 g/mol. The highest BCUT2D eigenvalue weighted by Crippen LogP contribution is 2.18. The highest BCUT2D eigenvalue weighted by Gasteiger charge is 2.31. The molecule has 0 saturated carbocycles. The van der Waals surface area contributed by atoms with Crippen molar-refractivity contribution in [2.45, 2.75) is 0 Å². The molecule has 1 aromatic rings. The van der Waals surface area contributed by atoms with E-state index in [9.17, 15) is 9.59 Å². The Labute approximate surface area is 103 Å². The first-order valence-electron chi connectivity index (χ1n) is 5.16. The number of carboxylic acids is 1. The van der Waals surface area contributed by atoms with Crippen LogP contribution in [-0.4, -0.2) is 34.8 Å². The Morgan fingerprint density at radius 1 is 1.39 bits per heavy atom. The van der Waals surface area contributed by atoms with E-state index in [0.717, 1.165) is 5.01 Å². The summed E-state index contributed by atoms with van der Waals surface area (Å²) in [6, 6.07) is 6.75. The van der Waals surface area contributed by atoms with Gasteiger partial charge in [-0.2, -0.15) is 5.10 Å². The minimum absolute atomic E-state index is 0.0646. The van der Waals surface area contributed by atoms with Gasteiger partial charge in [-0.05, 0) is 23.8 Å². The number of hydrogen-bond donors (Lipinski definition) is 2. The van der Waals surface area contributed by atoms with E-state index in [-0.39, 0.29) is 11.3 Å². The number of rotatable bonds is 2. The number of hydrazone groups is 1. The molecule has 2 rings (SSSR count). The third-order valence-electron chi connectivity index (χ3n) is 2.48. The number of nitrogens with two attached hydrogens (primary N) is 1. The summed E-state index contributed by atoms with van der Waals surface area (Å²) in [5.41, 5.74) is 6.65. The minimum atomic E-state index is -1.23. The maximum atomic E-state index is 11.7. The van der Waals surface area contributed by atoms with Crippen LogP contribution in [0.15, 0.2) is 34.9 Å². The van der Waals surface area contributed by atoms with Crippen LogP contribution in [0.5, 0.6) is 0 Å². The molecule has 6 nitrogen and oxygen atoms in total. The van der Waals surface area contributed by atoms with Gasteiger partial charge >= 0.3 is 5.97 Å². The Hall–Kier alpha value is -2.63. The van der Waals surface area contributed by atoms with Gasteiger partial charge in [0.15, 0.2) is 5.71 Å². The summed E-state index contributed by atoms with van der Waals surface area (Å²) in [6.07, 6.45) is 1.48. The Balaban J connectivity index is 2.42. The molecular weight excluding hydrogens is 234 g/mol. The molecule has 0 unspecified atom stereocenters. The Bertz CT molecular complexity index is 573. The number of aliphatic carboxylic acids is 1. The van der Waals surface area contributed by atoms with Crippen LogP contribution in [-0.2, 0) is 9.59 Å². The predicted molar refractivity (Wildman–Crippen MR) is 66.7 cm³/mol. The van der Waals surface area contributed by atoms with Gasteiger partial charge in [0.1, 0.15) is 0 Å². The van der Waals surface area contributed by atoms with Crippen LogP contribution >= 0.6 is 0 Å². The number of likely N-dealkylation sites (N-methyl/N-ethyl adjacent to an activating group) is 1. The number of carboxylic acid groups (broad SMARTS) is 1. The molecular formula is C12H11N3O3. The number of anilines is 1. The van der Waals surface area contributed by atoms with Gasteiger partial charge in [-0.25, -0.2) is 9.80 Å². The summed E-state index contributed by atoms with van der Waals surface area (Å²) < 4.78 is 0. The molecule has 1 aromatic carbocycles. The van der Waals surface area contributed by atoms with Crippen molar-refractivity contribution in [3.8, 4) is 0 Å². The largest absolute Gasteiger partial charge is 0.476 e. The molecule has 0 spiro atoms. The van der Waals surface area contributed by atoms with E-state index in [1.807, 2.05) is 0 Å². The third kappa shape index (κ3) is 2.08. The summed E-state index contributed by atoms with van der Waals surface area (Å²) in [4.78, 5) is 22.7. The number of nitrogen functional groups attached to an aromatic ring is 1. The predicted octanol–water partition coefficient (Wildman–Crippen LogP) is 0.565. The maximum Gasteiger partial charge on any atom is 0.357 e. The molecule has 0 atom stereocenters. The molecule has 0 bridgehead atoms. The van der Waals surface area contributed by atoms with Crippen molar-refractivity contribution in [1.82, 2.24) is 5.01 Å². The van der Waals surface area contributed by atoms with Crippen LogP contribution in [0.4, 0.5) is 5.69 Å². The Kier molecular flexibility index (Phi) is 2.85. The second-order valence-electron chi connectivity index (χ2n) is 3.81. The second-order valence-corrected chi connectivity index (χ2v) is 3.81. The zero-order valence-corrected chi connectivity index (χ0v) is 9.62. The van der Waals surface area contributed by atoms with E-state index in [4.69, 9.17) is 10.8 Å². The van der Waals surface area contributed by atoms with E-state index in [1.54, 1.807) is 24.3 Å². The van der Waals surface area contributed by atoms with Crippen molar-refractivity contribution in [1.29, 1.82) is 0 Å². The number of benzene rings is 1. The summed E-state index contributed by atoms with van der Waals surface area (Å²) in [6.45, 7) is 0. The molecule has 1 aliphatic rings. The van der Waals surface area contributed by atoms with Gasteiger partial charge in [0, 0.05) is 12.7 Å². The fraction of sp³-hybridized carbons (Fsp3) is 0.0833. The minimum Gasteiger partial charge on any atom is -0.476 e. The van der Waals surface area contributed by atoms with Crippen molar-refractivity contribution in [3.05, 3.63) is 35.4 Å². The van der Waals surface area contributed by atoms with Crippen molar-refractivity contribution in [2.24, 2.45) is 5.10 Å². The summed E-state index contributed by atoms with van der Waals surface area (Å²) in [7, 11) is 1.41. The lowest BCUT2D eigenvalue weighted by Gasteiger charge is -2.01. The van der Waals surface area contributed by atoms with Crippen LogP contribution < -0.4 is 5.73 Å². The molecule has 0 radical (unpaired) electrons. The topological polar surface area (TPSA) is 96.0 Å². The van der Waals surface area contributed by atoms with Crippen LogP contribution in [0.25, 0.3) is 6.08 Å². The van der Waals surface area contributed by atoms with Crippen molar-refractivity contribution < 1.29 is 14.7 Å². The van der Waals surface area contributed by atoms with Gasteiger partial charge in [-0.1, -0.05) is 12.1 Å². The highest BCUT2D eigenvalue weighted by atomic mass is 16.4. The van der Waals surface area contributed by atoms with Gasteiger partial charge in [0.05, 0.1) is 5.57 Å². The van der Waals surface area contributed by atoms with Crippen molar-refractivity contribution >= 4 is 29.4 Å². The molecule has 0 fully saturated rings. The number of hydrogen-bond acceptors (Lipinski definition) is 4. The summed E-state index contributed by atoms with van der Waals surface area (Å²) in [5.74, 6) is -1.67. The standard InChI is InChI=1S/C12H11N3O3/c1-15-11(16)9(10(14-15)12(17)18)6-7-2-4-8(13)5-3-7/h2-6H,13H2,1H3,(H,17,18)/b9-6-. The van der Waals surface area contributed by atoms with Gasteiger partial charge < -0.3 is 10.8 Å². The van der Waals surface area contributed by atoms with Gasteiger partial charge in [0.25, 0.3) is 5.91 Å². The molecule has 3 N–H and O–H groups in total. The second kappa shape index (κ2) is 4.33. The molecule has 6 heteroatoms. The Morgan fingerprint density at radius 2 is 2.00 bits per heavy atom. The quantitative estimate of drug-likeness (QED) is 0.588. The summed E-state index contributed by atoms with van der Waals surface area (Å²) >= 11 is 0. The molecule has 0 aliphatic carbocycles. The average Bonchev–Trinajstić information content (AvgIpc) is 2.60. The van der Waals surface area contributed by atoms with Crippen molar-refractivity contribution in [3.63, 3.8) is 0 Å². The number of carbonyl (C=O) groups is 2. The first-order valence-corrected chi connectivity index (χ1v) is 5.16. The zero-order chi connectivity index (χ0) is 13.3. The lowest BCUT2D eigenvalue weighted by Crippen LogP contribution is -2.19. The Morgan fingerprint density at radius 3 is 2.56 bits per heavy atom. The van der Waals surface area contributed by atoms with Crippen LogP contribution in [0, 0.1) is 0 Å². The number of amides is 1. The fourth-order valence-corrected chi connectivity index (χ4v) is 1.57. The number of carbonyl (C=O) groups excluding carboxylic acids is 1. The third-order valence-corrected chi connectivity index (χ3v) is 2.48. The van der Waals surface area contributed by atoms with E-state index in [0.29, 0.717) is 11.3 Å². The van der Waals surface area contributed by atoms with Crippen molar-refractivity contribution in [2.75, 3.05) is 12.8 Å². The summed E-state index contributed by atoms with van der Waals surface area (Å²) in [5, 5.41) is 13.6. The first kappa shape index (κ1) is 11.8. The lowest BCUT2D eigenvalue weighted by molar-refractivity contribution is -0.129. The average molecular weight is 245 g/mol. The molecule has 92 valence electrons. The molecule has 18 heavy (non-hydrogen) atoms. The van der Waals surface area contributed by atoms with Gasteiger partial charge in [-0.15, -0.1) is 0 Å². The van der Waals surface area contributed by atoms with E-state index >= 15 is 0 Å². The molecule has 1 amide bonds. The molecule has 1 aliphatic heterocycles. The van der Waals surface area contributed by atoms with Gasteiger partial charge in [-0.3, -0.25) is 4.79 Å². The maximum absolute atomic E-state index is 11.7.